The van der Waals surface area contributed by atoms with Crippen LogP contribution in [0.2, 0.25) is 0 Å². The lowest BCUT2D eigenvalue weighted by atomic mass is 10.2. The molecule has 1 rings (SSSR count). The molecule has 0 spiro atoms. The topological polar surface area (TPSA) is 89.7 Å². The Morgan fingerprint density at radius 2 is 2.28 bits per heavy atom. The maximum absolute atomic E-state index is 10.6. The van der Waals surface area contributed by atoms with Crippen molar-refractivity contribution in [3.63, 3.8) is 0 Å². The minimum absolute atomic E-state index is 0.00624. The number of carboxylic acids is 1. The van der Waals surface area contributed by atoms with Crippen molar-refractivity contribution in [3.8, 4) is 5.75 Å². The van der Waals surface area contributed by atoms with Crippen molar-refractivity contribution >= 4 is 27.6 Å². The molecule has 6 nitrogen and oxygen atoms in total. The summed E-state index contributed by atoms with van der Waals surface area (Å²) in [5, 5.41) is 19.2. The molecule has 0 saturated heterocycles. The van der Waals surface area contributed by atoms with E-state index in [2.05, 4.69) is 15.9 Å². The average Bonchev–Trinajstić information content (AvgIpc) is 2.29. The predicted octanol–water partition coefficient (Wildman–Crippen LogP) is 2.99. The van der Waals surface area contributed by atoms with E-state index in [0.717, 1.165) is 0 Å². The number of hydrogen-bond donors (Lipinski definition) is 1. The first-order chi connectivity index (χ1) is 8.40. The van der Waals surface area contributed by atoms with E-state index in [9.17, 15) is 14.9 Å². The third kappa shape index (κ3) is 4.33. The van der Waals surface area contributed by atoms with Gasteiger partial charge in [-0.05, 0) is 35.3 Å². The summed E-state index contributed by atoms with van der Waals surface area (Å²) in [6.45, 7) is 1.72. The zero-order chi connectivity index (χ0) is 13.7. The van der Waals surface area contributed by atoms with E-state index < -0.39 is 10.9 Å². The molecule has 98 valence electrons. The Bertz CT molecular complexity index is 463. The van der Waals surface area contributed by atoms with E-state index in [1.807, 2.05) is 0 Å². The largest absolute Gasteiger partial charge is 0.489 e. The number of rotatable bonds is 6. The fraction of sp³-hybridized carbons (Fsp3) is 0.364. The van der Waals surface area contributed by atoms with Gasteiger partial charge in [0.15, 0.2) is 0 Å². The maximum Gasteiger partial charge on any atom is 0.303 e. The Labute approximate surface area is 112 Å². The molecule has 18 heavy (non-hydrogen) atoms. The number of carboxylic acid groups (broad SMARTS) is 1. The van der Waals surface area contributed by atoms with E-state index in [-0.39, 0.29) is 18.2 Å². The molecule has 1 unspecified atom stereocenters. The second kappa shape index (κ2) is 6.34. The van der Waals surface area contributed by atoms with Crippen LogP contribution in [-0.4, -0.2) is 22.1 Å². The smallest absolute Gasteiger partial charge is 0.303 e. The first kappa shape index (κ1) is 14.4. The fourth-order valence-corrected chi connectivity index (χ4v) is 1.64. The number of halogens is 1. The van der Waals surface area contributed by atoms with Gasteiger partial charge in [0.25, 0.3) is 5.69 Å². The highest BCUT2D eigenvalue weighted by Gasteiger charge is 2.13. The molecule has 0 heterocycles. The maximum atomic E-state index is 10.6. The van der Waals surface area contributed by atoms with Crippen molar-refractivity contribution < 1.29 is 19.6 Å². The van der Waals surface area contributed by atoms with Crippen LogP contribution in [0, 0.1) is 10.1 Å². The summed E-state index contributed by atoms with van der Waals surface area (Å²) in [5.41, 5.74) is -0.0707. The Balaban J connectivity index is 2.73. The molecule has 0 fully saturated rings. The molecule has 0 bridgehead atoms. The lowest BCUT2D eigenvalue weighted by Crippen LogP contribution is -2.14. The van der Waals surface area contributed by atoms with Crippen molar-refractivity contribution in [2.45, 2.75) is 25.9 Å². The van der Waals surface area contributed by atoms with Crippen LogP contribution in [0.25, 0.3) is 0 Å². The summed E-state index contributed by atoms with van der Waals surface area (Å²) >= 11 is 3.22. The number of hydrogen-bond acceptors (Lipinski definition) is 4. The first-order valence-electron chi connectivity index (χ1n) is 5.22. The highest BCUT2D eigenvalue weighted by molar-refractivity contribution is 9.10. The van der Waals surface area contributed by atoms with Crippen molar-refractivity contribution in [1.82, 2.24) is 0 Å². The van der Waals surface area contributed by atoms with Crippen LogP contribution in [0.4, 0.5) is 5.69 Å². The van der Waals surface area contributed by atoms with Crippen LogP contribution in [0.3, 0.4) is 0 Å². The SMILES string of the molecule is CC(CCC(=O)O)Oc1cc([N+](=O)[O-])ccc1Br. The second-order valence-corrected chi connectivity index (χ2v) is 4.59. The summed E-state index contributed by atoms with van der Waals surface area (Å²) in [7, 11) is 0. The van der Waals surface area contributed by atoms with Crippen molar-refractivity contribution in [3.05, 3.63) is 32.8 Å². The zero-order valence-electron chi connectivity index (χ0n) is 9.63. The quantitative estimate of drug-likeness (QED) is 0.643. The molecule has 0 aliphatic carbocycles. The van der Waals surface area contributed by atoms with Crippen molar-refractivity contribution in [2.75, 3.05) is 0 Å². The molecule has 1 atom stereocenters. The van der Waals surface area contributed by atoms with E-state index in [0.29, 0.717) is 16.6 Å². The highest BCUT2D eigenvalue weighted by Crippen LogP contribution is 2.30. The zero-order valence-corrected chi connectivity index (χ0v) is 11.2. The summed E-state index contributed by atoms with van der Waals surface area (Å²) < 4.78 is 6.06. The lowest BCUT2D eigenvalue weighted by molar-refractivity contribution is -0.385. The highest BCUT2D eigenvalue weighted by atomic mass is 79.9. The minimum Gasteiger partial charge on any atom is -0.489 e. The Kier molecular flexibility index (Phi) is 5.08. The van der Waals surface area contributed by atoms with E-state index in [1.165, 1.54) is 18.2 Å². The Morgan fingerprint density at radius 3 is 2.83 bits per heavy atom. The molecular formula is C11H12BrNO5. The Morgan fingerprint density at radius 1 is 1.61 bits per heavy atom. The van der Waals surface area contributed by atoms with Gasteiger partial charge in [-0.25, -0.2) is 0 Å². The van der Waals surface area contributed by atoms with Crippen LogP contribution in [0.5, 0.6) is 5.75 Å². The number of non-ortho nitro benzene ring substituents is 1. The van der Waals surface area contributed by atoms with E-state index in [4.69, 9.17) is 9.84 Å². The average molecular weight is 318 g/mol. The molecule has 0 aromatic heterocycles. The molecule has 1 aromatic carbocycles. The predicted molar refractivity (Wildman–Crippen MR) is 67.8 cm³/mol. The number of nitrogens with zero attached hydrogens (tertiary/aromatic N) is 1. The monoisotopic (exact) mass is 317 g/mol. The normalized spacial score (nSPS) is 11.9. The van der Waals surface area contributed by atoms with Gasteiger partial charge in [0.2, 0.25) is 0 Å². The number of aliphatic carboxylic acids is 1. The van der Waals surface area contributed by atoms with Gasteiger partial charge in [0.05, 0.1) is 21.6 Å². The molecule has 0 amide bonds. The van der Waals surface area contributed by atoms with Gasteiger partial charge in [0, 0.05) is 12.5 Å². The summed E-state index contributed by atoms with van der Waals surface area (Å²) in [6, 6.07) is 4.19. The molecule has 0 aliphatic heterocycles. The number of ether oxygens (including phenoxy) is 1. The molecule has 0 radical (unpaired) electrons. The van der Waals surface area contributed by atoms with Crippen LogP contribution in [0.15, 0.2) is 22.7 Å². The minimum atomic E-state index is -0.899. The third-order valence-electron chi connectivity index (χ3n) is 2.22. The number of nitro benzene ring substituents is 1. The van der Waals surface area contributed by atoms with Gasteiger partial charge >= 0.3 is 5.97 Å². The van der Waals surface area contributed by atoms with E-state index >= 15 is 0 Å². The third-order valence-corrected chi connectivity index (χ3v) is 2.87. The van der Waals surface area contributed by atoms with Gasteiger partial charge in [-0.15, -0.1) is 0 Å². The van der Waals surface area contributed by atoms with Crippen LogP contribution in [0.1, 0.15) is 19.8 Å². The first-order valence-corrected chi connectivity index (χ1v) is 6.02. The van der Waals surface area contributed by atoms with Gasteiger partial charge in [-0.1, -0.05) is 0 Å². The van der Waals surface area contributed by atoms with Gasteiger partial charge in [0.1, 0.15) is 5.75 Å². The molecule has 0 saturated carbocycles. The fourth-order valence-electron chi connectivity index (χ4n) is 1.30. The molecule has 7 heteroatoms. The summed E-state index contributed by atoms with van der Waals surface area (Å²) in [4.78, 5) is 20.5. The molecular weight excluding hydrogens is 306 g/mol. The van der Waals surface area contributed by atoms with Gasteiger partial charge in [-0.2, -0.15) is 0 Å². The number of benzene rings is 1. The number of nitro groups is 1. The van der Waals surface area contributed by atoms with Gasteiger partial charge in [-0.3, -0.25) is 14.9 Å². The number of carbonyl (C=O) groups is 1. The summed E-state index contributed by atoms with van der Waals surface area (Å²) in [5.74, 6) is -0.564. The molecule has 1 aromatic rings. The Hall–Kier alpha value is -1.63. The van der Waals surface area contributed by atoms with E-state index in [1.54, 1.807) is 6.92 Å². The van der Waals surface area contributed by atoms with Crippen molar-refractivity contribution in [1.29, 1.82) is 0 Å². The lowest BCUT2D eigenvalue weighted by Gasteiger charge is -2.14. The molecule has 1 N–H and O–H groups in total. The summed E-state index contributed by atoms with van der Waals surface area (Å²) in [6.07, 6.45) is -0.00236. The van der Waals surface area contributed by atoms with Crippen LogP contribution in [-0.2, 0) is 4.79 Å². The van der Waals surface area contributed by atoms with Crippen LogP contribution >= 0.6 is 15.9 Å². The molecule has 0 aliphatic rings. The second-order valence-electron chi connectivity index (χ2n) is 3.73. The standard InChI is InChI=1S/C11H12BrNO5/c1-7(2-5-11(14)15)18-10-6-8(13(16)17)3-4-9(10)12/h3-4,6-7H,2,5H2,1H3,(H,14,15). The van der Waals surface area contributed by atoms with Gasteiger partial charge < -0.3 is 9.84 Å². The van der Waals surface area contributed by atoms with Crippen molar-refractivity contribution in [2.24, 2.45) is 0 Å². The van der Waals surface area contributed by atoms with Crippen LogP contribution < -0.4 is 4.74 Å².